The number of aryl methyl sites for hydroxylation is 1. The Morgan fingerprint density at radius 3 is 2.22 bits per heavy atom. The maximum absolute atomic E-state index is 12.7. The van der Waals surface area contributed by atoms with Gasteiger partial charge in [0.05, 0.1) is 12.1 Å². The summed E-state index contributed by atoms with van der Waals surface area (Å²) in [5.74, 6) is 0.330. The highest BCUT2D eigenvalue weighted by molar-refractivity contribution is 7.89. The Morgan fingerprint density at radius 1 is 1.04 bits per heavy atom. The first-order valence-corrected chi connectivity index (χ1v) is 9.01. The molecule has 0 radical (unpaired) electrons. The Labute approximate surface area is 146 Å². The molecule has 0 amide bonds. The van der Waals surface area contributed by atoms with Crippen LogP contribution in [0.1, 0.15) is 11.1 Å². The standard InChI is InChI=1S/C16H17Cl2NO3S/c1-11-4-6-12(7-5-11)10-19(2)23(20,21)14-9-8-13(22-3)15(17)16(14)18/h4-9H,10H2,1-3H3. The average Bonchev–Trinajstić information content (AvgIpc) is 2.51. The van der Waals surface area contributed by atoms with Crippen molar-refractivity contribution in [3.63, 3.8) is 0 Å². The second kappa shape index (κ2) is 7.09. The molecule has 0 saturated heterocycles. The normalized spacial score (nSPS) is 11.7. The van der Waals surface area contributed by atoms with Crippen molar-refractivity contribution in [3.05, 3.63) is 57.6 Å². The van der Waals surface area contributed by atoms with E-state index in [4.69, 9.17) is 27.9 Å². The van der Waals surface area contributed by atoms with Crippen molar-refractivity contribution in [2.45, 2.75) is 18.4 Å². The molecule has 0 aromatic heterocycles. The van der Waals surface area contributed by atoms with Crippen LogP contribution in [0.4, 0.5) is 0 Å². The predicted molar refractivity (Wildman–Crippen MR) is 92.8 cm³/mol. The molecule has 0 heterocycles. The zero-order valence-corrected chi connectivity index (χ0v) is 15.3. The summed E-state index contributed by atoms with van der Waals surface area (Å²) in [6, 6.07) is 10.5. The van der Waals surface area contributed by atoms with Gasteiger partial charge < -0.3 is 4.74 Å². The molecule has 2 rings (SSSR count). The third kappa shape index (κ3) is 3.80. The Morgan fingerprint density at radius 2 is 1.65 bits per heavy atom. The summed E-state index contributed by atoms with van der Waals surface area (Å²) in [7, 11) is -0.821. The van der Waals surface area contributed by atoms with Gasteiger partial charge in [0.1, 0.15) is 15.7 Å². The molecule has 0 saturated carbocycles. The fourth-order valence-corrected chi connectivity index (χ4v) is 4.04. The van der Waals surface area contributed by atoms with Crippen molar-refractivity contribution in [1.29, 1.82) is 0 Å². The average molecular weight is 374 g/mol. The molecule has 7 heteroatoms. The summed E-state index contributed by atoms with van der Waals surface area (Å²) in [6.07, 6.45) is 0. The molecule has 124 valence electrons. The summed E-state index contributed by atoms with van der Waals surface area (Å²) in [5.41, 5.74) is 2.00. The Bertz CT molecular complexity index is 805. The molecule has 0 aliphatic carbocycles. The van der Waals surface area contributed by atoms with Gasteiger partial charge in [-0.15, -0.1) is 0 Å². The van der Waals surface area contributed by atoms with Gasteiger partial charge in [-0.25, -0.2) is 8.42 Å². The van der Waals surface area contributed by atoms with Crippen molar-refractivity contribution in [1.82, 2.24) is 4.31 Å². The molecule has 0 atom stereocenters. The van der Waals surface area contributed by atoms with Crippen molar-refractivity contribution < 1.29 is 13.2 Å². The second-order valence-corrected chi connectivity index (χ2v) is 7.91. The molecule has 0 spiro atoms. The van der Waals surface area contributed by atoms with E-state index in [0.29, 0.717) is 5.75 Å². The lowest BCUT2D eigenvalue weighted by Crippen LogP contribution is -2.26. The maximum Gasteiger partial charge on any atom is 0.244 e. The van der Waals surface area contributed by atoms with Gasteiger partial charge in [-0.3, -0.25) is 0 Å². The van der Waals surface area contributed by atoms with Crippen molar-refractivity contribution >= 4 is 33.2 Å². The molecular weight excluding hydrogens is 357 g/mol. The topological polar surface area (TPSA) is 46.6 Å². The lowest BCUT2D eigenvalue weighted by Gasteiger charge is -2.19. The number of hydrogen-bond donors (Lipinski definition) is 0. The quantitative estimate of drug-likeness (QED) is 0.791. The van der Waals surface area contributed by atoms with E-state index in [0.717, 1.165) is 11.1 Å². The fraction of sp³-hybridized carbons (Fsp3) is 0.250. The van der Waals surface area contributed by atoms with Gasteiger partial charge >= 0.3 is 0 Å². The summed E-state index contributed by atoms with van der Waals surface area (Å²) in [4.78, 5) is -0.0421. The van der Waals surface area contributed by atoms with Crippen LogP contribution in [0.2, 0.25) is 10.0 Å². The monoisotopic (exact) mass is 373 g/mol. The minimum Gasteiger partial charge on any atom is -0.495 e. The highest BCUT2D eigenvalue weighted by atomic mass is 35.5. The van der Waals surface area contributed by atoms with Crippen LogP contribution in [-0.4, -0.2) is 26.9 Å². The molecule has 0 aliphatic heterocycles. The summed E-state index contributed by atoms with van der Waals surface area (Å²) in [5, 5.41) is 0.0424. The molecule has 23 heavy (non-hydrogen) atoms. The van der Waals surface area contributed by atoms with Crippen LogP contribution in [0, 0.1) is 6.92 Å². The Hall–Kier alpha value is -1.27. The van der Waals surface area contributed by atoms with Gasteiger partial charge in [-0.05, 0) is 24.6 Å². The molecule has 0 fully saturated rings. The number of hydrogen-bond acceptors (Lipinski definition) is 3. The largest absolute Gasteiger partial charge is 0.495 e. The van der Waals surface area contributed by atoms with Gasteiger partial charge in [0.2, 0.25) is 10.0 Å². The van der Waals surface area contributed by atoms with Gasteiger partial charge in [0.15, 0.2) is 0 Å². The minimum absolute atomic E-state index is 0.0400. The van der Waals surface area contributed by atoms with Gasteiger partial charge in [-0.1, -0.05) is 53.0 Å². The van der Waals surface area contributed by atoms with Crippen LogP contribution >= 0.6 is 23.2 Å². The third-order valence-corrected chi connectivity index (χ3v) is 6.27. The summed E-state index contributed by atoms with van der Waals surface area (Å²) in [6.45, 7) is 2.21. The van der Waals surface area contributed by atoms with Crippen LogP contribution in [0.15, 0.2) is 41.3 Å². The summed E-state index contributed by atoms with van der Waals surface area (Å²) < 4.78 is 31.7. The van der Waals surface area contributed by atoms with Gasteiger partial charge in [-0.2, -0.15) is 4.31 Å². The molecule has 0 unspecified atom stereocenters. The number of nitrogens with zero attached hydrogens (tertiary/aromatic N) is 1. The molecule has 4 nitrogen and oxygen atoms in total. The van der Waals surface area contributed by atoms with E-state index in [2.05, 4.69) is 0 Å². The Kier molecular flexibility index (Phi) is 5.57. The molecule has 0 bridgehead atoms. The molecule has 2 aromatic rings. The number of rotatable bonds is 5. The van der Waals surface area contributed by atoms with Crippen LogP contribution in [-0.2, 0) is 16.6 Å². The van der Waals surface area contributed by atoms with Crippen LogP contribution in [0.25, 0.3) is 0 Å². The van der Waals surface area contributed by atoms with E-state index in [9.17, 15) is 8.42 Å². The van der Waals surface area contributed by atoms with E-state index in [-0.39, 0.29) is 21.5 Å². The van der Waals surface area contributed by atoms with Gasteiger partial charge in [0.25, 0.3) is 0 Å². The molecule has 2 aromatic carbocycles. The highest BCUT2D eigenvalue weighted by Gasteiger charge is 2.26. The number of methoxy groups -OCH3 is 1. The minimum atomic E-state index is -3.76. The SMILES string of the molecule is COc1ccc(S(=O)(=O)N(C)Cc2ccc(C)cc2)c(Cl)c1Cl. The van der Waals surface area contributed by atoms with E-state index in [1.165, 1.54) is 30.6 Å². The lowest BCUT2D eigenvalue weighted by atomic mass is 10.1. The second-order valence-electron chi connectivity index (χ2n) is 5.14. The number of sulfonamides is 1. The van der Waals surface area contributed by atoms with E-state index in [1.54, 1.807) is 0 Å². The first-order chi connectivity index (χ1) is 10.8. The zero-order valence-electron chi connectivity index (χ0n) is 13.0. The molecule has 0 aliphatic rings. The smallest absolute Gasteiger partial charge is 0.244 e. The third-order valence-electron chi connectivity index (χ3n) is 3.45. The Balaban J connectivity index is 2.34. The maximum atomic E-state index is 12.7. The van der Waals surface area contributed by atoms with Crippen molar-refractivity contribution in [2.75, 3.05) is 14.2 Å². The van der Waals surface area contributed by atoms with E-state index >= 15 is 0 Å². The zero-order chi connectivity index (χ0) is 17.2. The van der Waals surface area contributed by atoms with Crippen LogP contribution in [0.5, 0.6) is 5.75 Å². The highest BCUT2D eigenvalue weighted by Crippen LogP contribution is 2.37. The predicted octanol–water partition coefficient (Wildman–Crippen LogP) is 4.13. The fourth-order valence-electron chi connectivity index (χ4n) is 2.07. The van der Waals surface area contributed by atoms with Gasteiger partial charge in [0, 0.05) is 13.6 Å². The first kappa shape index (κ1) is 18.1. The first-order valence-electron chi connectivity index (χ1n) is 6.81. The molecular formula is C16H17Cl2NO3S. The van der Waals surface area contributed by atoms with Crippen molar-refractivity contribution in [2.24, 2.45) is 0 Å². The number of halogens is 2. The van der Waals surface area contributed by atoms with Crippen LogP contribution < -0.4 is 4.74 Å². The van der Waals surface area contributed by atoms with E-state index in [1.807, 2.05) is 31.2 Å². The number of benzene rings is 2. The number of ether oxygens (including phenoxy) is 1. The van der Waals surface area contributed by atoms with Crippen LogP contribution in [0.3, 0.4) is 0 Å². The molecule has 0 N–H and O–H groups in total. The summed E-state index contributed by atoms with van der Waals surface area (Å²) >= 11 is 12.2. The van der Waals surface area contributed by atoms with Crippen molar-refractivity contribution in [3.8, 4) is 5.75 Å². The van der Waals surface area contributed by atoms with E-state index < -0.39 is 10.0 Å². The lowest BCUT2D eigenvalue weighted by molar-refractivity contribution is 0.414.